The van der Waals surface area contributed by atoms with Crippen LogP contribution in [-0.4, -0.2) is 43.0 Å². The topological polar surface area (TPSA) is 48.6 Å². The molecule has 0 unspecified atom stereocenters. The third kappa shape index (κ3) is 3.50. The number of carbonyl (C=O) groups excluding carboxylic acids is 1. The Kier molecular flexibility index (Phi) is 4.75. The van der Waals surface area contributed by atoms with E-state index in [2.05, 4.69) is 28.1 Å². The standard InChI is InChI=1S/C22H25N3O2/c1-24(15-17-7-3-4-8-21(17)25-11-5-6-12-25)22(26)20-13-16-9-10-18(27-2)14-19(16)23-20/h3-4,7-10,13-14,23H,5-6,11-12,15H2,1-2H3. The summed E-state index contributed by atoms with van der Waals surface area (Å²) in [7, 11) is 3.50. The van der Waals surface area contributed by atoms with Crippen LogP contribution in [0.25, 0.3) is 10.9 Å². The van der Waals surface area contributed by atoms with Crippen LogP contribution in [0.15, 0.2) is 48.5 Å². The van der Waals surface area contributed by atoms with E-state index >= 15 is 0 Å². The molecular formula is C22H25N3O2. The number of carbonyl (C=O) groups is 1. The molecule has 1 fully saturated rings. The first-order valence-electron chi connectivity index (χ1n) is 9.41. The maximum atomic E-state index is 13.0. The number of aromatic nitrogens is 1. The highest BCUT2D eigenvalue weighted by molar-refractivity contribution is 5.98. The van der Waals surface area contributed by atoms with Gasteiger partial charge in [0.05, 0.1) is 7.11 Å². The molecule has 1 saturated heterocycles. The Balaban J connectivity index is 1.55. The van der Waals surface area contributed by atoms with Crippen molar-refractivity contribution in [1.82, 2.24) is 9.88 Å². The van der Waals surface area contributed by atoms with Gasteiger partial charge in [-0.05, 0) is 42.7 Å². The lowest BCUT2D eigenvalue weighted by Crippen LogP contribution is -2.28. The summed E-state index contributed by atoms with van der Waals surface area (Å²) in [4.78, 5) is 20.4. The monoisotopic (exact) mass is 363 g/mol. The molecule has 0 bridgehead atoms. The van der Waals surface area contributed by atoms with Crippen LogP contribution in [-0.2, 0) is 6.54 Å². The van der Waals surface area contributed by atoms with Crippen LogP contribution < -0.4 is 9.64 Å². The molecule has 1 amide bonds. The molecule has 1 aliphatic heterocycles. The van der Waals surface area contributed by atoms with Crippen molar-refractivity contribution in [2.45, 2.75) is 19.4 Å². The van der Waals surface area contributed by atoms with Crippen molar-refractivity contribution in [2.24, 2.45) is 0 Å². The van der Waals surface area contributed by atoms with Crippen LogP contribution in [0.5, 0.6) is 5.75 Å². The molecule has 1 N–H and O–H groups in total. The second kappa shape index (κ2) is 7.35. The normalized spacial score (nSPS) is 13.9. The van der Waals surface area contributed by atoms with E-state index in [1.807, 2.05) is 37.4 Å². The highest BCUT2D eigenvalue weighted by Gasteiger charge is 2.19. The first-order valence-corrected chi connectivity index (χ1v) is 9.41. The zero-order valence-electron chi connectivity index (χ0n) is 15.9. The first-order chi connectivity index (χ1) is 13.2. The van der Waals surface area contributed by atoms with Gasteiger partial charge in [0.25, 0.3) is 5.91 Å². The summed E-state index contributed by atoms with van der Waals surface area (Å²) < 4.78 is 5.26. The number of rotatable bonds is 5. The van der Waals surface area contributed by atoms with E-state index in [0.717, 1.165) is 29.7 Å². The van der Waals surface area contributed by atoms with Gasteiger partial charge in [-0.25, -0.2) is 0 Å². The van der Waals surface area contributed by atoms with Crippen LogP contribution in [0, 0.1) is 0 Å². The number of hydrogen-bond acceptors (Lipinski definition) is 3. The van der Waals surface area contributed by atoms with Gasteiger partial charge < -0.3 is 19.5 Å². The molecule has 27 heavy (non-hydrogen) atoms. The number of methoxy groups -OCH3 is 1. The van der Waals surface area contributed by atoms with Crippen molar-refractivity contribution in [3.63, 3.8) is 0 Å². The molecular weight excluding hydrogens is 338 g/mol. The highest BCUT2D eigenvalue weighted by atomic mass is 16.5. The summed E-state index contributed by atoms with van der Waals surface area (Å²) in [5, 5.41) is 1.00. The summed E-state index contributed by atoms with van der Waals surface area (Å²) >= 11 is 0. The van der Waals surface area contributed by atoms with Gasteiger partial charge in [-0.15, -0.1) is 0 Å². The second-order valence-electron chi connectivity index (χ2n) is 7.12. The maximum Gasteiger partial charge on any atom is 0.270 e. The lowest BCUT2D eigenvalue weighted by molar-refractivity contribution is 0.0780. The van der Waals surface area contributed by atoms with Gasteiger partial charge in [-0.3, -0.25) is 4.79 Å². The molecule has 0 radical (unpaired) electrons. The van der Waals surface area contributed by atoms with E-state index in [9.17, 15) is 4.79 Å². The molecule has 1 aliphatic rings. The fourth-order valence-corrected chi connectivity index (χ4v) is 3.79. The van der Waals surface area contributed by atoms with E-state index in [-0.39, 0.29) is 5.91 Å². The smallest absolute Gasteiger partial charge is 0.270 e. The summed E-state index contributed by atoms with van der Waals surface area (Å²) in [6.45, 7) is 2.78. The van der Waals surface area contributed by atoms with E-state index in [4.69, 9.17) is 4.74 Å². The largest absolute Gasteiger partial charge is 0.497 e. The van der Waals surface area contributed by atoms with E-state index in [1.165, 1.54) is 24.1 Å². The number of nitrogens with zero attached hydrogens (tertiary/aromatic N) is 2. The van der Waals surface area contributed by atoms with E-state index < -0.39 is 0 Å². The maximum absolute atomic E-state index is 13.0. The number of fused-ring (bicyclic) bond motifs is 1. The fraction of sp³-hybridized carbons (Fsp3) is 0.318. The number of benzene rings is 2. The molecule has 0 saturated carbocycles. The van der Waals surface area contributed by atoms with Gasteiger partial charge in [0, 0.05) is 49.3 Å². The lowest BCUT2D eigenvalue weighted by Gasteiger charge is -2.24. The molecule has 0 spiro atoms. The quantitative estimate of drug-likeness (QED) is 0.744. The second-order valence-corrected chi connectivity index (χ2v) is 7.12. The third-order valence-electron chi connectivity index (χ3n) is 5.25. The van der Waals surface area contributed by atoms with Crippen molar-refractivity contribution in [3.8, 4) is 5.75 Å². The molecule has 1 aromatic heterocycles. The van der Waals surface area contributed by atoms with Crippen LogP contribution >= 0.6 is 0 Å². The SMILES string of the molecule is COc1ccc2cc(C(=O)N(C)Cc3ccccc3N3CCCC3)[nH]c2c1. The molecule has 0 aliphatic carbocycles. The Morgan fingerprint density at radius 1 is 1.15 bits per heavy atom. The molecule has 140 valence electrons. The Bertz CT molecular complexity index is 957. The molecule has 3 aromatic rings. The Morgan fingerprint density at radius 3 is 2.70 bits per heavy atom. The van der Waals surface area contributed by atoms with Gasteiger partial charge in [-0.1, -0.05) is 18.2 Å². The number of nitrogens with one attached hydrogen (secondary N) is 1. The fourth-order valence-electron chi connectivity index (χ4n) is 3.79. The predicted octanol–water partition coefficient (Wildman–Crippen LogP) is 4.05. The summed E-state index contributed by atoms with van der Waals surface area (Å²) in [6, 6.07) is 16.1. The van der Waals surface area contributed by atoms with Gasteiger partial charge in [0.2, 0.25) is 0 Å². The van der Waals surface area contributed by atoms with Gasteiger partial charge in [0.15, 0.2) is 0 Å². The zero-order chi connectivity index (χ0) is 18.8. The molecule has 5 nitrogen and oxygen atoms in total. The van der Waals surface area contributed by atoms with Crippen LogP contribution in [0.1, 0.15) is 28.9 Å². The molecule has 5 heteroatoms. The van der Waals surface area contributed by atoms with E-state index in [1.54, 1.807) is 12.0 Å². The average Bonchev–Trinajstić information content (AvgIpc) is 3.36. The van der Waals surface area contributed by atoms with Crippen molar-refractivity contribution < 1.29 is 9.53 Å². The molecule has 0 atom stereocenters. The molecule has 2 aromatic carbocycles. The zero-order valence-corrected chi connectivity index (χ0v) is 15.9. The van der Waals surface area contributed by atoms with Crippen LogP contribution in [0.2, 0.25) is 0 Å². The minimum absolute atomic E-state index is 0.0126. The van der Waals surface area contributed by atoms with Crippen LogP contribution in [0.4, 0.5) is 5.69 Å². The third-order valence-corrected chi connectivity index (χ3v) is 5.25. The van der Waals surface area contributed by atoms with Crippen molar-refractivity contribution in [3.05, 3.63) is 59.8 Å². The summed E-state index contributed by atoms with van der Waals surface area (Å²) in [6.07, 6.45) is 2.48. The Labute approximate surface area is 159 Å². The number of amides is 1. The number of anilines is 1. The minimum Gasteiger partial charge on any atom is -0.497 e. The van der Waals surface area contributed by atoms with Gasteiger partial charge in [-0.2, -0.15) is 0 Å². The number of para-hydroxylation sites is 1. The minimum atomic E-state index is -0.0126. The van der Waals surface area contributed by atoms with Crippen LogP contribution in [0.3, 0.4) is 0 Å². The number of hydrogen-bond donors (Lipinski definition) is 1. The Morgan fingerprint density at radius 2 is 1.93 bits per heavy atom. The summed E-state index contributed by atoms with van der Waals surface area (Å²) in [5.41, 5.74) is 3.94. The number of H-pyrrole nitrogens is 1. The highest BCUT2D eigenvalue weighted by Crippen LogP contribution is 2.26. The molecule has 4 rings (SSSR count). The van der Waals surface area contributed by atoms with Crippen molar-refractivity contribution in [1.29, 1.82) is 0 Å². The first kappa shape index (κ1) is 17.5. The van der Waals surface area contributed by atoms with Crippen molar-refractivity contribution in [2.75, 3.05) is 32.1 Å². The lowest BCUT2D eigenvalue weighted by atomic mass is 10.1. The van der Waals surface area contributed by atoms with Crippen molar-refractivity contribution >= 4 is 22.5 Å². The Hall–Kier alpha value is -2.95. The van der Waals surface area contributed by atoms with E-state index in [0.29, 0.717) is 12.2 Å². The molecule has 2 heterocycles. The number of aromatic amines is 1. The predicted molar refractivity (Wildman–Crippen MR) is 109 cm³/mol. The van der Waals surface area contributed by atoms with Gasteiger partial charge >= 0.3 is 0 Å². The average molecular weight is 363 g/mol. The summed E-state index contributed by atoms with van der Waals surface area (Å²) in [5.74, 6) is 0.762. The van der Waals surface area contributed by atoms with Gasteiger partial charge in [0.1, 0.15) is 11.4 Å². The number of ether oxygens (including phenoxy) is 1.